The van der Waals surface area contributed by atoms with E-state index >= 15 is 9.18 Å². The quantitative estimate of drug-likeness (QED) is 0.170. The topological polar surface area (TPSA) is 164 Å². The van der Waals surface area contributed by atoms with Crippen molar-refractivity contribution in [3.63, 3.8) is 0 Å². The van der Waals surface area contributed by atoms with E-state index in [9.17, 15) is 9.59 Å². The lowest BCUT2D eigenvalue weighted by atomic mass is 9.83. The number of hydrogen-bond acceptors (Lipinski definition) is 9. The number of halogens is 1. The van der Waals surface area contributed by atoms with Crippen molar-refractivity contribution in [2.45, 2.75) is 90.3 Å². The fourth-order valence-electron chi connectivity index (χ4n) is 10.8. The van der Waals surface area contributed by atoms with Gasteiger partial charge in [0, 0.05) is 54.7 Å². The molecule has 0 bridgehead atoms. The number of nitrogens with zero attached hydrogens (tertiary/aromatic N) is 9. The minimum Gasteiger partial charge on any atom is -0.376 e. The van der Waals surface area contributed by atoms with E-state index in [4.69, 9.17) is 14.4 Å². The number of fused-ring (bicyclic) bond motifs is 3. The van der Waals surface area contributed by atoms with Gasteiger partial charge in [0.2, 0.25) is 0 Å². The highest BCUT2D eigenvalue weighted by atomic mass is 19.1. The number of aromatic nitrogens is 9. The summed E-state index contributed by atoms with van der Waals surface area (Å²) >= 11 is 0. The van der Waals surface area contributed by atoms with Crippen molar-refractivity contribution in [2.24, 2.45) is 13.0 Å². The molecule has 15 nitrogen and oxygen atoms in total. The number of H-pyrrole nitrogens is 1. The highest BCUT2D eigenvalue weighted by Crippen LogP contribution is 2.56. The van der Waals surface area contributed by atoms with Crippen LogP contribution in [-0.2, 0) is 23.7 Å². The lowest BCUT2D eigenvalue weighted by Gasteiger charge is -2.35. The third kappa shape index (κ3) is 6.35. The lowest BCUT2D eigenvalue weighted by Crippen LogP contribution is -2.41. The Hall–Kier alpha value is -6.94. The summed E-state index contributed by atoms with van der Waals surface area (Å²) in [6, 6.07) is 16.9. The summed E-state index contributed by atoms with van der Waals surface area (Å²) in [5, 5.41) is 15.5. The maximum Gasteiger partial charge on any atom is 0.438 e. The molecule has 2 aliphatic heterocycles. The smallest absolute Gasteiger partial charge is 0.376 e. The number of nitrogens with one attached hydrogen (secondary N) is 1. The SMILES string of the molecule is Cc1cc(-n2nc3c(c2-c2cncn(-c4ccc5cnn(C)c5c4)c2=O)[C@H](C)N(C(=O)c2cc4cc([C@H]5CCOC(C)(C)C5)ccc4n2[C@@]2(c4noc(=O)[nH]4)C[C@@H]2C)CC3)cc(C)c1F. The van der Waals surface area contributed by atoms with Gasteiger partial charge in [0.05, 0.1) is 51.7 Å². The summed E-state index contributed by atoms with van der Waals surface area (Å²) < 4.78 is 33.3. The average molecular weight is 877 g/mol. The Morgan fingerprint density at radius 2 is 1.72 bits per heavy atom. The zero-order valence-corrected chi connectivity index (χ0v) is 37.3. The second-order valence-corrected chi connectivity index (χ2v) is 18.9. The molecular weight excluding hydrogens is 828 g/mol. The number of ether oxygens (including phenoxy) is 1. The Labute approximate surface area is 372 Å². The molecule has 8 aromatic rings. The Morgan fingerprint density at radius 3 is 2.45 bits per heavy atom. The minimum atomic E-state index is -0.834. The molecule has 11 rings (SSSR count). The maximum absolute atomic E-state index is 15.6. The van der Waals surface area contributed by atoms with E-state index in [1.807, 2.05) is 43.1 Å². The fourth-order valence-corrected chi connectivity index (χ4v) is 10.8. The molecule has 1 saturated heterocycles. The van der Waals surface area contributed by atoms with Gasteiger partial charge in [-0.3, -0.25) is 28.3 Å². The summed E-state index contributed by atoms with van der Waals surface area (Å²) in [6.07, 6.45) is 7.58. The van der Waals surface area contributed by atoms with E-state index in [-0.39, 0.29) is 40.3 Å². The van der Waals surface area contributed by atoms with Crippen LogP contribution in [0.3, 0.4) is 0 Å². The molecule has 16 heteroatoms. The molecule has 2 fully saturated rings. The second-order valence-electron chi connectivity index (χ2n) is 18.9. The average Bonchev–Trinajstić information content (AvgIpc) is 3.77. The van der Waals surface area contributed by atoms with Crippen molar-refractivity contribution >= 4 is 27.7 Å². The number of hydrogen-bond donors (Lipinski definition) is 1. The molecular formula is C49H49FN10O5. The first-order chi connectivity index (χ1) is 31.1. The molecule has 3 aliphatic rings. The first-order valence-electron chi connectivity index (χ1n) is 22.2. The maximum atomic E-state index is 15.6. The number of amides is 1. The summed E-state index contributed by atoms with van der Waals surface area (Å²) in [7, 11) is 1.85. The zero-order valence-electron chi connectivity index (χ0n) is 37.3. The van der Waals surface area contributed by atoms with Crippen LogP contribution in [0.1, 0.15) is 103 Å². The third-order valence-electron chi connectivity index (χ3n) is 14.2. The van der Waals surface area contributed by atoms with Crippen molar-refractivity contribution in [3.8, 4) is 22.6 Å². The van der Waals surface area contributed by atoms with Crippen LogP contribution in [0.5, 0.6) is 0 Å². The van der Waals surface area contributed by atoms with Crippen LogP contribution < -0.4 is 11.3 Å². The predicted molar refractivity (Wildman–Crippen MR) is 241 cm³/mol. The van der Waals surface area contributed by atoms with Crippen LogP contribution in [0.15, 0.2) is 87.4 Å². The molecule has 1 amide bonds. The van der Waals surface area contributed by atoms with Crippen LogP contribution in [0, 0.1) is 25.6 Å². The summed E-state index contributed by atoms with van der Waals surface area (Å²) in [4.78, 5) is 52.2. The normalized spacial score (nSPS) is 21.6. The zero-order chi connectivity index (χ0) is 45.3. The van der Waals surface area contributed by atoms with Gasteiger partial charge in [-0.2, -0.15) is 10.2 Å². The van der Waals surface area contributed by atoms with Crippen molar-refractivity contribution in [3.05, 3.63) is 140 Å². The molecule has 7 heterocycles. The van der Waals surface area contributed by atoms with Crippen LogP contribution in [0.4, 0.5) is 4.39 Å². The van der Waals surface area contributed by atoms with Crippen LogP contribution >= 0.6 is 0 Å². The molecule has 65 heavy (non-hydrogen) atoms. The van der Waals surface area contributed by atoms with E-state index in [1.54, 1.807) is 41.5 Å². The molecule has 4 atom stereocenters. The van der Waals surface area contributed by atoms with E-state index in [0.717, 1.165) is 40.3 Å². The van der Waals surface area contributed by atoms with E-state index in [0.29, 0.717) is 71.3 Å². The number of benzene rings is 3. The molecule has 1 aliphatic carbocycles. The van der Waals surface area contributed by atoms with Crippen molar-refractivity contribution < 1.29 is 18.4 Å². The van der Waals surface area contributed by atoms with Gasteiger partial charge in [-0.1, -0.05) is 18.1 Å². The molecule has 3 aromatic carbocycles. The monoisotopic (exact) mass is 876 g/mol. The summed E-state index contributed by atoms with van der Waals surface area (Å²) in [5.74, 6) is -0.529. The molecule has 0 spiro atoms. The second kappa shape index (κ2) is 14.5. The highest BCUT2D eigenvalue weighted by molar-refractivity contribution is 6.00. The van der Waals surface area contributed by atoms with Gasteiger partial charge in [-0.15, -0.1) is 0 Å². The van der Waals surface area contributed by atoms with E-state index < -0.39 is 17.3 Å². The third-order valence-corrected chi connectivity index (χ3v) is 14.2. The van der Waals surface area contributed by atoms with Gasteiger partial charge in [0.1, 0.15) is 23.4 Å². The van der Waals surface area contributed by atoms with Gasteiger partial charge >= 0.3 is 5.76 Å². The molecule has 1 saturated carbocycles. The Morgan fingerprint density at radius 1 is 0.938 bits per heavy atom. The Bertz CT molecular complexity index is 3360. The van der Waals surface area contributed by atoms with Crippen LogP contribution in [0.2, 0.25) is 0 Å². The van der Waals surface area contributed by atoms with Crippen molar-refractivity contribution in [2.75, 3.05) is 13.2 Å². The minimum absolute atomic E-state index is 0.0190. The number of rotatable bonds is 7. The number of aromatic amines is 1. The van der Waals surface area contributed by atoms with Crippen molar-refractivity contribution in [1.29, 1.82) is 0 Å². The first-order valence-corrected chi connectivity index (χ1v) is 22.2. The Kier molecular flexibility index (Phi) is 9.13. The fraction of sp³-hybridized carbons (Fsp3) is 0.367. The van der Waals surface area contributed by atoms with E-state index in [2.05, 4.69) is 63.8 Å². The standard InChI is InChI=1S/C49H49FN10O5/c1-26-16-35(17-27(2)42(26)50)60-43(36-24-51-25-58(44(36)61)34-10-8-32-23-52-56(7)39(32)20-34)41-29(4)57(14-12-37(41)54-60)45(62)40-19-33-18-30(31-13-15-64-48(5,6)22-31)9-11-38(33)59(40)49(21-28(49)3)46-53-47(63)65-55-46/h8-11,16-20,23-25,28-29,31H,12-15,21-22H2,1-7H3,(H,53,55,63)/t28-,29-,31-,49-/m0/s1. The van der Waals surface area contributed by atoms with Gasteiger partial charge in [-0.25, -0.2) is 18.9 Å². The molecule has 0 radical (unpaired) electrons. The molecule has 0 unspecified atom stereocenters. The van der Waals surface area contributed by atoms with Crippen molar-refractivity contribution in [1.82, 2.24) is 48.7 Å². The first kappa shape index (κ1) is 40.8. The molecule has 332 valence electrons. The Balaban J connectivity index is 1.07. The summed E-state index contributed by atoms with van der Waals surface area (Å²) in [5.41, 5.74) is 6.11. The molecule has 1 N–H and O–H groups in total. The lowest BCUT2D eigenvalue weighted by molar-refractivity contribution is -0.0592. The van der Waals surface area contributed by atoms with Gasteiger partial charge in [-0.05, 0) is 131 Å². The summed E-state index contributed by atoms with van der Waals surface area (Å²) in [6.45, 7) is 12.7. The van der Waals surface area contributed by atoms with Crippen LogP contribution in [0.25, 0.3) is 44.4 Å². The number of carbonyl (C=O) groups excluding carboxylic acids is 1. The highest BCUT2D eigenvalue weighted by Gasteiger charge is 2.59. The predicted octanol–water partition coefficient (Wildman–Crippen LogP) is 7.57. The number of aryl methyl sites for hydroxylation is 3. The van der Waals surface area contributed by atoms with Gasteiger partial charge in [0.25, 0.3) is 11.5 Å². The van der Waals surface area contributed by atoms with E-state index in [1.165, 1.54) is 22.7 Å². The van der Waals surface area contributed by atoms with Gasteiger partial charge < -0.3 is 14.2 Å². The van der Waals surface area contributed by atoms with Crippen LogP contribution in [-0.4, -0.2) is 73.4 Å². The molecule has 5 aromatic heterocycles. The largest absolute Gasteiger partial charge is 0.438 e. The van der Waals surface area contributed by atoms with Gasteiger partial charge in [0.15, 0.2) is 5.82 Å². The number of carbonyl (C=O) groups is 1.